The summed E-state index contributed by atoms with van der Waals surface area (Å²) < 4.78 is 5.21. The number of rotatable bonds is 4. The zero-order valence-electron chi connectivity index (χ0n) is 14.0. The molecule has 0 atom stereocenters. The third-order valence-corrected chi connectivity index (χ3v) is 4.61. The molecule has 1 aromatic heterocycles. The fraction of sp³-hybridized carbons (Fsp3) is 0.316. The molecule has 6 nitrogen and oxygen atoms in total. The second-order valence-electron chi connectivity index (χ2n) is 6.01. The van der Waals surface area contributed by atoms with Crippen LogP contribution in [0.3, 0.4) is 0 Å². The topological polar surface area (TPSA) is 79.7 Å². The molecule has 130 valence electrons. The van der Waals surface area contributed by atoms with Gasteiger partial charge >= 0.3 is 5.97 Å². The molecule has 0 bridgehead atoms. The minimum atomic E-state index is -0.910. The largest absolute Gasteiger partial charge is 0.494 e. The molecule has 1 amide bonds. The van der Waals surface area contributed by atoms with Gasteiger partial charge in [-0.3, -0.25) is 4.79 Å². The van der Waals surface area contributed by atoms with Crippen LogP contribution in [-0.2, 0) is 0 Å². The number of likely N-dealkylation sites (tertiary alicyclic amines) is 1. The number of carboxylic acid groups (broad SMARTS) is 1. The highest BCUT2D eigenvalue weighted by atomic mass is 16.5. The van der Waals surface area contributed by atoms with Gasteiger partial charge in [0.25, 0.3) is 5.91 Å². The van der Waals surface area contributed by atoms with Crippen LogP contribution in [0.2, 0.25) is 0 Å². The van der Waals surface area contributed by atoms with E-state index in [1.54, 1.807) is 35.4 Å². The van der Waals surface area contributed by atoms with Gasteiger partial charge in [-0.15, -0.1) is 0 Å². The third-order valence-electron chi connectivity index (χ3n) is 4.61. The van der Waals surface area contributed by atoms with Crippen molar-refractivity contribution in [2.24, 2.45) is 0 Å². The second-order valence-corrected chi connectivity index (χ2v) is 6.01. The number of aromatic carboxylic acids is 1. The highest BCUT2D eigenvalue weighted by Gasteiger charge is 2.28. The monoisotopic (exact) mass is 340 g/mol. The van der Waals surface area contributed by atoms with E-state index in [9.17, 15) is 14.7 Å². The molecule has 1 aliphatic rings. The minimum absolute atomic E-state index is 0.141. The standard InChI is InChI=1S/C19H20N2O4/c1-25-16-7-4-10-20-17(16)18(22)21-11-8-13(9-12-21)14-5-2-3-6-15(14)19(23)24/h2-7,10,13H,8-9,11-12H2,1H3,(H,23,24). The fourth-order valence-electron chi connectivity index (χ4n) is 3.31. The average molecular weight is 340 g/mol. The van der Waals surface area contributed by atoms with Crippen LogP contribution < -0.4 is 4.74 Å². The molecule has 0 aliphatic carbocycles. The lowest BCUT2D eigenvalue weighted by Crippen LogP contribution is -2.38. The van der Waals surface area contributed by atoms with Gasteiger partial charge in [0.15, 0.2) is 5.69 Å². The molecular weight excluding hydrogens is 320 g/mol. The smallest absolute Gasteiger partial charge is 0.335 e. The molecule has 1 aliphatic heterocycles. The van der Waals surface area contributed by atoms with Gasteiger partial charge in [-0.25, -0.2) is 9.78 Å². The maximum absolute atomic E-state index is 12.7. The van der Waals surface area contributed by atoms with Crippen molar-refractivity contribution < 1.29 is 19.4 Å². The zero-order valence-corrected chi connectivity index (χ0v) is 14.0. The zero-order chi connectivity index (χ0) is 17.8. The van der Waals surface area contributed by atoms with Crippen LogP contribution in [-0.4, -0.2) is 47.1 Å². The van der Waals surface area contributed by atoms with Crippen molar-refractivity contribution in [3.05, 3.63) is 59.4 Å². The lowest BCUT2D eigenvalue weighted by atomic mass is 9.86. The number of aromatic nitrogens is 1. The number of carboxylic acids is 1. The van der Waals surface area contributed by atoms with Gasteiger partial charge in [-0.2, -0.15) is 0 Å². The molecule has 0 saturated carbocycles. The molecule has 2 aromatic rings. The van der Waals surface area contributed by atoms with E-state index in [0.717, 1.165) is 18.4 Å². The Morgan fingerprint density at radius 2 is 1.88 bits per heavy atom. The van der Waals surface area contributed by atoms with Crippen molar-refractivity contribution in [1.29, 1.82) is 0 Å². The fourth-order valence-corrected chi connectivity index (χ4v) is 3.31. The Hall–Kier alpha value is -2.89. The predicted molar refractivity (Wildman–Crippen MR) is 92.1 cm³/mol. The summed E-state index contributed by atoms with van der Waals surface area (Å²) in [5.41, 5.74) is 1.51. The SMILES string of the molecule is COc1cccnc1C(=O)N1CCC(c2ccccc2C(=O)O)CC1. The molecule has 0 spiro atoms. The first kappa shape index (κ1) is 17.0. The Bertz CT molecular complexity index is 782. The minimum Gasteiger partial charge on any atom is -0.494 e. The number of carbonyl (C=O) groups excluding carboxylic acids is 1. The Balaban J connectivity index is 1.72. The van der Waals surface area contributed by atoms with Crippen molar-refractivity contribution in [3.8, 4) is 5.75 Å². The number of pyridine rings is 1. The van der Waals surface area contributed by atoms with Gasteiger partial charge < -0.3 is 14.7 Å². The molecule has 25 heavy (non-hydrogen) atoms. The van der Waals surface area contributed by atoms with E-state index in [0.29, 0.717) is 30.1 Å². The summed E-state index contributed by atoms with van der Waals surface area (Å²) in [5.74, 6) is -0.456. The summed E-state index contributed by atoms with van der Waals surface area (Å²) in [5, 5.41) is 9.36. The van der Waals surface area contributed by atoms with Crippen molar-refractivity contribution in [2.45, 2.75) is 18.8 Å². The quantitative estimate of drug-likeness (QED) is 0.926. The number of nitrogens with zero attached hydrogens (tertiary/aromatic N) is 2. The van der Waals surface area contributed by atoms with Crippen LogP contribution in [0.15, 0.2) is 42.6 Å². The van der Waals surface area contributed by atoms with Gasteiger partial charge in [0.05, 0.1) is 12.7 Å². The molecular formula is C19H20N2O4. The number of benzene rings is 1. The molecule has 1 saturated heterocycles. The summed E-state index contributed by atoms with van der Waals surface area (Å²) >= 11 is 0. The van der Waals surface area contributed by atoms with Crippen LogP contribution in [0.25, 0.3) is 0 Å². The Labute approximate surface area is 146 Å². The third kappa shape index (κ3) is 3.47. The summed E-state index contributed by atoms with van der Waals surface area (Å²) in [7, 11) is 1.52. The van der Waals surface area contributed by atoms with Gasteiger partial charge in [0.2, 0.25) is 0 Å². The van der Waals surface area contributed by atoms with Gasteiger partial charge in [-0.1, -0.05) is 18.2 Å². The normalized spacial score (nSPS) is 15.0. The highest BCUT2D eigenvalue weighted by molar-refractivity contribution is 5.95. The first-order chi connectivity index (χ1) is 12.1. The first-order valence-electron chi connectivity index (χ1n) is 8.22. The van der Waals surface area contributed by atoms with E-state index in [1.165, 1.54) is 7.11 Å². The second kappa shape index (κ2) is 7.34. The number of piperidine rings is 1. The summed E-state index contributed by atoms with van der Waals surface area (Å²) in [6.45, 7) is 1.13. The number of carbonyl (C=O) groups is 2. The van der Waals surface area contributed by atoms with Crippen molar-refractivity contribution >= 4 is 11.9 Å². The molecule has 3 rings (SSSR count). The highest BCUT2D eigenvalue weighted by Crippen LogP contribution is 2.31. The van der Waals surface area contributed by atoms with Crippen molar-refractivity contribution in [3.63, 3.8) is 0 Å². The molecule has 6 heteroatoms. The van der Waals surface area contributed by atoms with E-state index < -0.39 is 5.97 Å². The van der Waals surface area contributed by atoms with Crippen LogP contribution >= 0.6 is 0 Å². The van der Waals surface area contributed by atoms with Gasteiger partial charge in [0, 0.05) is 19.3 Å². The molecule has 1 N–H and O–H groups in total. The number of ether oxygens (including phenoxy) is 1. The summed E-state index contributed by atoms with van der Waals surface area (Å²) in [6, 6.07) is 10.5. The van der Waals surface area contributed by atoms with Gasteiger partial charge in [0.1, 0.15) is 5.75 Å². The van der Waals surface area contributed by atoms with E-state index in [4.69, 9.17) is 4.74 Å². The number of amides is 1. The molecule has 0 unspecified atom stereocenters. The molecule has 0 radical (unpaired) electrons. The lowest BCUT2D eigenvalue weighted by Gasteiger charge is -2.32. The maximum atomic E-state index is 12.7. The Morgan fingerprint density at radius 1 is 1.16 bits per heavy atom. The maximum Gasteiger partial charge on any atom is 0.335 e. The van der Waals surface area contributed by atoms with E-state index in [-0.39, 0.29) is 11.8 Å². The lowest BCUT2D eigenvalue weighted by molar-refractivity contribution is 0.0677. The van der Waals surface area contributed by atoms with Crippen molar-refractivity contribution in [2.75, 3.05) is 20.2 Å². The predicted octanol–water partition coefficient (Wildman–Crippen LogP) is 2.81. The average Bonchev–Trinajstić information content (AvgIpc) is 2.67. The van der Waals surface area contributed by atoms with Crippen LogP contribution in [0.4, 0.5) is 0 Å². The van der Waals surface area contributed by atoms with E-state index in [2.05, 4.69) is 4.98 Å². The number of methoxy groups -OCH3 is 1. The van der Waals surface area contributed by atoms with E-state index >= 15 is 0 Å². The van der Waals surface area contributed by atoms with Crippen molar-refractivity contribution in [1.82, 2.24) is 9.88 Å². The van der Waals surface area contributed by atoms with Crippen LogP contribution in [0, 0.1) is 0 Å². The van der Waals surface area contributed by atoms with Crippen LogP contribution in [0.5, 0.6) is 5.75 Å². The Kier molecular flexibility index (Phi) is 4.97. The van der Waals surface area contributed by atoms with Gasteiger partial charge in [-0.05, 0) is 42.5 Å². The first-order valence-corrected chi connectivity index (χ1v) is 8.22. The molecule has 2 heterocycles. The Morgan fingerprint density at radius 3 is 2.56 bits per heavy atom. The summed E-state index contributed by atoms with van der Waals surface area (Å²) in [4.78, 5) is 30.0. The van der Waals surface area contributed by atoms with E-state index in [1.807, 2.05) is 12.1 Å². The molecule has 1 fully saturated rings. The van der Waals surface area contributed by atoms with Crippen LogP contribution in [0.1, 0.15) is 45.2 Å². The summed E-state index contributed by atoms with van der Waals surface area (Å²) in [6.07, 6.45) is 3.03. The molecule has 1 aromatic carbocycles. The number of hydrogen-bond donors (Lipinski definition) is 1. The number of hydrogen-bond acceptors (Lipinski definition) is 4.